The Bertz CT molecular complexity index is 941. The first-order valence-corrected chi connectivity index (χ1v) is 10.3. The van der Waals surface area contributed by atoms with E-state index in [1.807, 2.05) is 6.07 Å². The van der Waals surface area contributed by atoms with Crippen LogP contribution in [-0.2, 0) is 14.8 Å². The zero-order valence-electron chi connectivity index (χ0n) is 15.9. The standard InChI is InChI=1S/C18H23N5O4S/c1-22(2)28(24,25)15-5-3-14(4-6-15)17-21-16(13-19)18(27-17)20-7-8-23-9-11-26-12-10-23/h3-6,20H,7-12H2,1-2H3. The molecule has 0 atom stereocenters. The Labute approximate surface area is 164 Å². The van der Waals surface area contributed by atoms with Gasteiger partial charge >= 0.3 is 0 Å². The molecule has 0 saturated carbocycles. The van der Waals surface area contributed by atoms with Crippen LogP contribution in [0.3, 0.4) is 0 Å². The van der Waals surface area contributed by atoms with Crippen LogP contribution < -0.4 is 5.32 Å². The van der Waals surface area contributed by atoms with Crippen molar-refractivity contribution in [2.24, 2.45) is 0 Å². The number of hydrogen-bond donors (Lipinski definition) is 1. The van der Waals surface area contributed by atoms with Gasteiger partial charge in [0.05, 0.1) is 18.1 Å². The molecule has 0 spiro atoms. The Morgan fingerprint density at radius 2 is 1.93 bits per heavy atom. The molecule has 1 aliphatic rings. The first-order valence-electron chi connectivity index (χ1n) is 8.89. The number of rotatable bonds is 7. The topological polar surface area (TPSA) is 112 Å². The summed E-state index contributed by atoms with van der Waals surface area (Å²) < 4.78 is 36.5. The molecular formula is C18H23N5O4S. The summed E-state index contributed by atoms with van der Waals surface area (Å²) in [6, 6.07) is 8.23. The molecule has 10 heteroatoms. The fourth-order valence-corrected chi connectivity index (χ4v) is 3.67. The van der Waals surface area contributed by atoms with E-state index in [1.165, 1.54) is 26.2 Å². The van der Waals surface area contributed by atoms with Gasteiger partial charge in [-0.15, -0.1) is 0 Å². The van der Waals surface area contributed by atoms with Crippen LogP contribution >= 0.6 is 0 Å². The third-order valence-corrected chi connectivity index (χ3v) is 6.26. The quantitative estimate of drug-likeness (QED) is 0.732. The lowest BCUT2D eigenvalue weighted by Crippen LogP contribution is -2.39. The summed E-state index contributed by atoms with van der Waals surface area (Å²) in [6.45, 7) is 4.66. The van der Waals surface area contributed by atoms with E-state index in [9.17, 15) is 13.7 Å². The molecule has 1 saturated heterocycles. The van der Waals surface area contributed by atoms with Crippen LogP contribution in [0.5, 0.6) is 0 Å². The second kappa shape index (κ2) is 8.70. The SMILES string of the molecule is CN(C)S(=O)(=O)c1ccc(-c2nc(C#N)c(NCCN3CCOCC3)o2)cc1. The minimum atomic E-state index is -3.50. The lowest BCUT2D eigenvalue weighted by atomic mass is 10.2. The summed E-state index contributed by atoms with van der Waals surface area (Å²) in [5.74, 6) is 0.579. The first kappa shape index (κ1) is 20.3. The maximum Gasteiger partial charge on any atom is 0.242 e. The van der Waals surface area contributed by atoms with E-state index in [-0.39, 0.29) is 16.5 Å². The lowest BCUT2D eigenvalue weighted by Gasteiger charge is -2.26. The number of hydrogen-bond acceptors (Lipinski definition) is 8. The average molecular weight is 405 g/mol. The van der Waals surface area contributed by atoms with Crippen molar-refractivity contribution in [1.29, 1.82) is 5.26 Å². The number of ether oxygens (including phenoxy) is 1. The van der Waals surface area contributed by atoms with Crippen LogP contribution in [0.2, 0.25) is 0 Å². The molecule has 1 fully saturated rings. The molecule has 0 unspecified atom stereocenters. The van der Waals surface area contributed by atoms with E-state index >= 15 is 0 Å². The first-order chi connectivity index (χ1) is 13.4. The Kier molecular flexibility index (Phi) is 6.31. The molecule has 0 amide bonds. The van der Waals surface area contributed by atoms with Crippen molar-refractivity contribution in [1.82, 2.24) is 14.2 Å². The van der Waals surface area contributed by atoms with E-state index in [4.69, 9.17) is 9.15 Å². The number of nitrogens with zero attached hydrogens (tertiary/aromatic N) is 4. The second-order valence-electron chi connectivity index (χ2n) is 6.50. The third-order valence-electron chi connectivity index (χ3n) is 4.43. The minimum absolute atomic E-state index is 0.168. The summed E-state index contributed by atoms with van der Waals surface area (Å²) in [7, 11) is -0.547. The fraction of sp³-hybridized carbons (Fsp3) is 0.444. The van der Waals surface area contributed by atoms with Crippen molar-refractivity contribution < 1.29 is 17.6 Å². The van der Waals surface area contributed by atoms with Crippen molar-refractivity contribution in [3.8, 4) is 17.5 Å². The summed E-state index contributed by atoms with van der Waals surface area (Å²) in [5, 5.41) is 12.4. The average Bonchev–Trinajstić information content (AvgIpc) is 3.12. The highest BCUT2D eigenvalue weighted by Gasteiger charge is 2.19. The molecule has 2 aromatic rings. The van der Waals surface area contributed by atoms with Crippen molar-refractivity contribution in [3.05, 3.63) is 30.0 Å². The van der Waals surface area contributed by atoms with E-state index in [0.29, 0.717) is 18.0 Å². The molecule has 1 aromatic carbocycles. The van der Waals surface area contributed by atoms with Crippen molar-refractivity contribution in [2.75, 3.05) is 58.8 Å². The number of nitriles is 1. The van der Waals surface area contributed by atoms with E-state index in [1.54, 1.807) is 12.1 Å². The Hall–Kier alpha value is -2.45. The van der Waals surface area contributed by atoms with Crippen LogP contribution in [0.15, 0.2) is 33.6 Å². The molecular weight excluding hydrogens is 382 g/mol. The van der Waals surface area contributed by atoms with Gasteiger partial charge in [-0.1, -0.05) is 0 Å². The summed E-state index contributed by atoms with van der Waals surface area (Å²) in [4.78, 5) is 6.65. The maximum absolute atomic E-state index is 12.2. The van der Waals surface area contributed by atoms with E-state index in [0.717, 1.165) is 37.2 Å². The van der Waals surface area contributed by atoms with Crippen LogP contribution in [-0.4, -0.2) is 76.1 Å². The van der Waals surface area contributed by atoms with Gasteiger partial charge in [0, 0.05) is 45.8 Å². The van der Waals surface area contributed by atoms with Gasteiger partial charge < -0.3 is 14.5 Å². The molecule has 150 valence electrons. The lowest BCUT2D eigenvalue weighted by molar-refractivity contribution is 0.0398. The number of anilines is 1. The number of benzene rings is 1. The number of sulfonamides is 1. The van der Waals surface area contributed by atoms with Gasteiger partial charge in [-0.05, 0) is 24.3 Å². The predicted molar refractivity (Wildman–Crippen MR) is 103 cm³/mol. The molecule has 0 radical (unpaired) electrons. The van der Waals surface area contributed by atoms with Crippen molar-refractivity contribution >= 4 is 15.9 Å². The van der Waals surface area contributed by atoms with Crippen LogP contribution in [0, 0.1) is 11.3 Å². The number of nitrogens with one attached hydrogen (secondary N) is 1. The molecule has 1 aromatic heterocycles. The van der Waals surface area contributed by atoms with Gasteiger partial charge in [0.1, 0.15) is 6.07 Å². The van der Waals surface area contributed by atoms with Crippen LogP contribution in [0.4, 0.5) is 5.88 Å². The van der Waals surface area contributed by atoms with Crippen LogP contribution in [0.1, 0.15) is 5.69 Å². The van der Waals surface area contributed by atoms with Crippen LogP contribution in [0.25, 0.3) is 11.5 Å². The molecule has 1 aliphatic heterocycles. The van der Waals surface area contributed by atoms with Gasteiger partial charge in [-0.25, -0.2) is 12.7 Å². The Morgan fingerprint density at radius 3 is 2.54 bits per heavy atom. The zero-order valence-corrected chi connectivity index (χ0v) is 16.7. The zero-order chi connectivity index (χ0) is 20.1. The highest BCUT2D eigenvalue weighted by Crippen LogP contribution is 2.26. The predicted octanol–water partition coefficient (Wildman–Crippen LogP) is 1.21. The third kappa shape index (κ3) is 4.51. The summed E-state index contributed by atoms with van der Waals surface area (Å²) in [6.07, 6.45) is 0. The van der Waals surface area contributed by atoms with Crippen molar-refractivity contribution in [2.45, 2.75) is 4.90 Å². The number of aromatic nitrogens is 1. The number of morpholine rings is 1. The molecule has 0 bridgehead atoms. The Morgan fingerprint density at radius 1 is 1.25 bits per heavy atom. The Balaban J connectivity index is 1.70. The molecule has 2 heterocycles. The van der Waals surface area contributed by atoms with Gasteiger partial charge in [0.2, 0.25) is 27.5 Å². The minimum Gasteiger partial charge on any atom is -0.419 e. The fourth-order valence-electron chi connectivity index (χ4n) is 2.77. The molecule has 1 N–H and O–H groups in total. The maximum atomic E-state index is 12.2. The van der Waals surface area contributed by atoms with Gasteiger partial charge in [-0.2, -0.15) is 10.2 Å². The van der Waals surface area contributed by atoms with E-state index < -0.39 is 10.0 Å². The van der Waals surface area contributed by atoms with Crippen molar-refractivity contribution in [3.63, 3.8) is 0 Å². The normalized spacial score (nSPS) is 15.5. The molecule has 3 rings (SSSR count). The summed E-state index contributed by atoms with van der Waals surface area (Å²) in [5.41, 5.74) is 0.761. The largest absolute Gasteiger partial charge is 0.419 e. The second-order valence-corrected chi connectivity index (χ2v) is 8.65. The highest BCUT2D eigenvalue weighted by atomic mass is 32.2. The molecule has 0 aliphatic carbocycles. The van der Waals surface area contributed by atoms with E-state index in [2.05, 4.69) is 15.2 Å². The van der Waals surface area contributed by atoms with Gasteiger partial charge in [0.25, 0.3) is 0 Å². The highest BCUT2D eigenvalue weighted by molar-refractivity contribution is 7.89. The van der Waals surface area contributed by atoms with Gasteiger partial charge in [0.15, 0.2) is 0 Å². The number of oxazole rings is 1. The molecule has 28 heavy (non-hydrogen) atoms. The smallest absolute Gasteiger partial charge is 0.242 e. The summed E-state index contributed by atoms with van der Waals surface area (Å²) >= 11 is 0. The van der Waals surface area contributed by atoms with Gasteiger partial charge in [-0.3, -0.25) is 4.90 Å². The molecule has 9 nitrogen and oxygen atoms in total. The monoisotopic (exact) mass is 405 g/mol.